The molecule has 7 nitrogen and oxygen atoms in total. The number of hydrogen-bond donors (Lipinski definition) is 0. The normalized spacial score (nSPS) is 22.6. The van der Waals surface area contributed by atoms with Gasteiger partial charge in [-0.15, -0.1) is 0 Å². The van der Waals surface area contributed by atoms with Crippen molar-refractivity contribution in [2.24, 2.45) is 17.8 Å². The molecule has 6 atom stereocenters. The summed E-state index contributed by atoms with van der Waals surface area (Å²) in [6.07, 6.45) is -0.229. The Morgan fingerprint density at radius 2 is 1.66 bits per heavy atom. The van der Waals surface area contributed by atoms with Crippen molar-refractivity contribution in [2.75, 3.05) is 20.3 Å². The van der Waals surface area contributed by atoms with Crippen molar-refractivity contribution >= 4 is 18.4 Å². The summed E-state index contributed by atoms with van der Waals surface area (Å²) in [5.41, 5.74) is 1.92. The Bertz CT molecular complexity index is 1210. The van der Waals surface area contributed by atoms with Gasteiger partial charge < -0.3 is 18.6 Å². The molecule has 2 aromatic rings. The SMILES string of the molecule is CC[C@H](COS(=O)(=O)c1ccc(C)cc1)[C@@H](O[Si](C)(C)C(C)(C)C)[C@H](C)[C@H]1O[C@@H](c2ccc(OC)cc2)OC[C@H]1C. The van der Waals surface area contributed by atoms with E-state index in [9.17, 15) is 8.42 Å². The summed E-state index contributed by atoms with van der Waals surface area (Å²) in [5.74, 6) is 0.702. The lowest BCUT2D eigenvalue weighted by Gasteiger charge is -2.47. The molecule has 0 saturated carbocycles. The molecule has 1 aliphatic heterocycles. The molecule has 1 aliphatic rings. The van der Waals surface area contributed by atoms with Crippen LogP contribution in [0.1, 0.15) is 65.4 Å². The summed E-state index contributed by atoms with van der Waals surface area (Å²) >= 11 is 0. The van der Waals surface area contributed by atoms with Crippen molar-refractivity contribution in [1.29, 1.82) is 0 Å². The highest BCUT2D eigenvalue weighted by Crippen LogP contribution is 2.42. The zero-order valence-corrected chi connectivity index (χ0v) is 28.3. The summed E-state index contributed by atoms with van der Waals surface area (Å²) in [6, 6.07) is 14.5. The topological polar surface area (TPSA) is 80.3 Å². The Kier molecular flexibility index (Phi) is 11.3. The van der Waals surface area contributed by atoms with E-state index in [4.69, 9.17) is 22.8 Å². The molecule has 1 saturated heterocycles. The molecule has 41 heavy (non-hydrogen) atoms. The molecule has 3 rings (SSSR count). The fourth-order valence-electron chi connectivity index (χ4n) is 4.96. The van der Waals surface area contributed by atoms with Gasteiger partial charge in [0.2, 0.25) is 0 Å². The molecule has 1 heterocycles. The molecule has 0 amide bonds. The van der Waals surface area contributed by atoms with Crippen LogP contribution in [0, 0.1) is 24.7 Å². The quantitative estimate of drug-likeness (QED) is 0.183. The number of hydrogen-bond acceptors (Lipinski definition) is 7. The van der Waals surface area contributed by atoms with Crippen molar-refractivity contribution < 1.29 is 31.2 Å². The Hall–Kier alpha value is -1.75. The highest BCUT2D eigenvalue weighted by Gasteiger charge is 2.46. The molecule has 0 aliphatic carbocycles. The van der Waals surface area contributed by atoms with Crippen molar-refractivity contribution in [3.05, 3.63) is 59.7 Å². The lowest BCUT2D eigenvalue weighted by molar-refractivity contribution is -0.257. The molecule has 230 valence electrons. The van der Waals surface area contributed by atoms with Crippen LogP contribution in [0.4, 0.5) is 0 Å². The molecule has 0 radical (unpaired) electrons. The Labute approximate surface area is 249 Å². The standard InChI is InChI=1S/C32H50O7SSi/c1-11-25(21-37-40(33,34)28-18-12-22(2)13-19-28)30(39-41(9,10)32(5,6)7)24(4)29-23(3)20-36-31(38-29)26-14-16-27(35-8)17-15-26/h12-19,23-25,29-31H,11,20-21H2,1-10H3/t23-,24-,25-,29+,30+,31+/m1/s1. The molecule has 0 spiro atoms. The maximum Gasteiger partial charge on any atom is 0.296 e. The van der Waals surface area contributed by atoms with E-state index < -0.39 is 24.7 Å². The maximum absolute atomic E-state index is 13.1. The maximum atomic E-state index is 13.1. The first kappa shape index (κ1) is 33.7. The van der Waals surface area contributed by atoms with Gasteiger partial charge in [-0.1, -0.05) is 71.4 Å². The van der Waals surface area contributed by atoms with Crippen LogP contribution in [0.3, 0.4) is 0 Å². The monoisotopic (exact) mass is 606 g/mol. The second kappa shape index (κ2) is 13.7. The van der Waals surface area contributed by atoms with Crippen LogP contribution in [0.15, 0.2) is 53.4 Å². The molecule has 2 aromatic carbocycles. The molecule has 0 bridgehead atoms. The van der Waals surface area contributed by atoms with Gasteiger partial charge in [-0.2, -0.15) is 8.42 Å². The van der Waals surface area contributed by atoms with Gasteiger partial charge in [0.05, 0.1) is 37.4 Å². The second-order valence-electron chi connectivity index (χ2n) is 12.9. The first-order chi connectivity index (χ1) is 19.1. The molecular formula is C32H50O7SSi. The summed E-state index contributed by atoms with van der Waals surface area (Å²) in [4.78, 5) is 0.164. The fourth-order valence-corrected chi connectivity index (χ4v) is 7.36. The van der Waals surface area contributed by atoms with E-state index in [2.05, 4.69) is 54.6 Å². The van der Waals surface area contributed by atoms with Crippen LogP contribution in [-0.2, 0) is 28.2 Å². The van der Waals surface area contributed by atoms with Crippen LogP contribution >= 0.6 is 0 Å². The third-order valence-corrected chi connectivity index (χ3v) is 14.5. The Morgan fingerprint density at radius 3 is 2.20 bits per heavy atom. The van der Waals surface area contributed by atoms with Crippen LogP contribution in [0.5, 0.6) is 5.75 Å². The van der Waals surface area contributed by atoms with Gasteiger partial charge in [0.25, 0.3) is 10.1 Å². The molecule has 0 unspecified atom stereocenters. The van der Waals surface area contributed by atoms with Crippen LogP contribution in [0.25, 0.3) is 0 Å². The van der Waals surface area contributed by atoms with E-state index in [0.29, 0.717) is 13.0 Å². The lowest BCUT2D eigenvalue weighted by Crippen LogP contribution is -2.52. The average molecular weight is 607 g/mol. The zero-order chi connectivity index (χ0) is 30.6. The summed E-state index contributed by atoms with van der Waals surface area (Å²) in [5, 5.41) is -0.0220. The van der Waals surface area contributed by atoms with Crippen LogP contribution in [0.2, 0.25) is 18.1 Å². The molecular weight excluding hydrogens is 556 g/mol. The van der Waals surface area contributed by atoms with Crippen LogP contribution < -0.4 is 4.74 Å². The van der Waals surface area contributed by atoms with E-state index in [1.165, 1.54) is 0 Å². The van der Waals surface area contributed by atoms with Crippen molar-refractivity contribution in [1.82, 2.24) is 0 Å². The third kappa shape index (κ3) is 8.42. The number of ether oxygens (including phenoxy) is 3. The first-order valence-electron chi connectivity index (χ1n) is 14.6. The Morgan fingerprint density at radius 1 is 1.05 bits per heavy atom. The number of rotatable bonds is 12. The van der Waals surface area contributed by atoms with Crippen molar-refractivity contribution in [3.8, 4) is 5.75 Å². The van der Waals surface area contributed by atoms with E-state index >= 15 is 0 Å². The molecule has 1 fully saturated rings. The van der Waals surface area contributed by atoms with E-state index in [-0.39, 0.29) is 46.5 Å². The van der Waals surface area contributed by atoms with Gasteiger partial charge in [0.1, 0.15) is 5.75 Å². The zero-order valence-electron chi connectivity index (χ0n) is 26.5. The van der Waals surface area contributed by atoms with Gasteiger partial charge in [-0.25, -0.2) is 0 Å². The highest BCUT2D eigenvalue weighted by atomic mass is 32.2. The molecule has 9 heteroatoms. The smallest absolute Gasteiger partial charge is 0.296 e. The molecule has 0 aromatic heterocycles. The van der Waals surface area contributed by atoms with Gasteiger partial charge in [-0.3, -0.25) is 4.18 Å². The van der Waals surface area contributed by atoms with E-state index in [0.717, 1.165) is 16.9 Å². The van der Waals surface area contributed by atoms with Crippen LogP contribution in [-0.4, -0.2) is 49.3 Å². The van der Waals surface area contributed by atoms with Gasteiger partial charge >= 0.3 is 0 Å². The van der Waals surface area contributed by atoms with Gasteiger partial charge in [0.15, 0.2) is 14.6 Å². The van der Waals surface area contributed by atoms with Crippen molar-refractivity contribution in [2.45, 2.75) is 96.4 Å². The van der Waals surface area contributed by atoms with Gasteiger partial charge in [0, 0.05) is 23.3 Å². The average Bonchev–Trinajstić information content (AvgIpc) is 2.92. The predicted molar refractivity (Wildman–Crippen MR) is 165 cm³/mol. The predicted octanol–water partition coefficient (Wildman–Crippen LogP) is 7.51. The third-order valence-electron chi connectivity index (χ3n) is 8.75. The largest absolute Gasteiger partial charge is 0.497 e. The Balaban J connectivity index is 1.88. The fraction of sp³-hybridized carbons (Fsp3) is 0.625. The van der Waals surface area contributed by atoms with Gasteiger partial charge in [-0.05, 0) is 55.7 Å². The molecule has 0 N–H and O–H groups in total. The number of benzene rings is 2. The highest BCUT2D eigenvalue weighted by molar-refractivity contribution is 7.86. The van der Waals surface area contributed by atoms with E-state index in [1.54, 1.807) is 31.4 Å². The summed E-state index contributed by atoms with van der Waals surface area (Å²) in [6.45, 7) is 20.0. The number of methoxy groups -OCH3 is 1. The van der Waals surface area contributed by atoms with Crippen molar-refractivity contribution in [3.63, 3.8) is 0 Å². The minimum Gasteiger partial charge on any atom is -0.497 e. The first-order valence-corrected chi connectivity index (χ1v) is 19.0. The summed E-state index contributed by atoms with van der Waals surface area (Å²) < 4.78 is 57.0. The number of aryl methyl sites for hydroxylation is 1. The minimum atomic E-state index is -3.91. The summed E-state index contributed by atoms with van der Waals surface area (Å²) in [7, 11) is -4.50. The van der Waals surface area contributed by atoms with E-state index in [1.807, 2.05) is 31.2 Å². The minimum absolute atomic E-state index is 0.0220. The second-order valence-corrected chi connectivity index (χ2v) is 19.3. The lowest BCUT2D eigenvalue weighted by atomic mass is 9.82.